The lowest BCUT2D eigenvalue weighted by Gasteiger charge is -2.30. The molecule has 3 heterocycles. The first-order chi connectivity index (χ1) is 26.3. The zero-order valence-electron chi connectivity index (χ0n) is 32.6. The van der Waals surface area contributed by atoms with Crippen molar-refractivity contribution < 1.29 is 38.2 Å². The molecule has 55 heavy (non-hydrogen) atoms. The number of carbonyl (C=O) groups is 6. The Bertz CT molecular complexity index is 1580. The molecule has 0 spiro atoms. The van der Waals surface area contributed by atoms with Gasteiger partial charge in [0, 0.05) is 36.5 Å². The zero-order chi connectivity index (χ0) is 39.8. The maximum absolute atomic E-state index is 13.4. The van der Waals surface area contributed by atoms with Crippen molar-refractivity contribution in [2.75, 3.05) is 37.9 Å². The molecule has 0 aliphatic carbocycles. The SMILES string of the molecule is COC(=O)N[C@H](C(=O)N1CCC[C@H]1C(=O)Nc1ccc([C@@H]2CC[C@@H](c3ccc(NC(=O)[C@@H]4CCCN4C(=O)[C@@H](NC(=O)OC)C(C)C)cc3)N2)cc1)C(C)C. The number of rotatable bonds is 12. The minimum absolute atomic E-state index is 0.113. The summed E-state index contributed by atoms with van der Waals surface area (Å²) in [6.45, 7) is 8.21. The highest BCUT2D eigenvalue weighted by molar-refractivity contribution is 5.99. The molecule has 298 valence electrons. The molecule has 0 saturated carbocycles. The van der Waals surface area contributed by atoms with E-state index in [-0.39, 0.29) is 47.5 Å². The molecule has 3 fully saturated rings. The molecule has 5 N–H and O–H groups in total. The van der Waals surface area contributed by atoms with Gasteiger partial charge in [-0.3, -0.25) is 19.2 Å². The predicted octanol–water partition coefficient (Wildman–Crippen LogP) is 4.47. The summed E-state index contributed by atoms with van der Waals surface area (Å²) in [5.41, 5.74) is 3.45. The molecule has 0 aromatic heterocycles. The molecule has 0 bridgehead atoms. The number of carbonyl (C=O) groups excluding carboxylic acids is 6. The Hall–Kier alpha value is -5.18. The van der Waals surface area contributed by atoms with E-state index >= 15 is 0 Å². The van der Waals surface area contributed by atoms with E-state index in [2.05, 4.69) is 26.6 Å². The van der Waals surface area contributed by atoms with Crippen molar-refractivity contribution in [2.45, 2.75) is 102 Å². The molecule has 0 radical (unpaired) electrons. The third kappa shape index (κ3) is 9.93. The van der Waals surface area contributed by atoms with E-state index < -0.39 is 36.4 Å². The molecule has 2 aromatic rings. The summed E-state index contributed by atoms with van der Waals surface area (Å²) in [4.78, 5) is 80.2. The average molecular weight is 762 g/mol. The van der Waals surface area contributed by atoms with Crippen LogP contribution in [-0.4, -0.2) is 97.1 Å². The van der Waals surface area contributed by atoms with E-state index in [1.165, 1.54) is 14.2 Å². The Morgan fingerprint density at radius 2 is 0.964 bits per heavy atom. The van der Waals surface area contributed by atoms with Crippen molar-refractivity contribution in [3.63, 3.8) is 0 Å². The monoisotopic (exact) mass is 761 g/mol. The van der Waals surface area contributed by atoms with Crippen molar-refractivity contribution in [2.24, 2.45) is 11.8 Å². The van der Waals surface area contributed by atoms with Crippen molar-refractivity contribution in [1.29, 1.82) is 0 Å². The van der Waals surface area contributed by atoms with Gasteiger partial charge in [-0.05, 0) is 85.8 Å². The number of benzene rings is 2. The maximum atomic E-state index is 13.4. The van der Waals surface area contributed by atoms with Gasteiger partial charge in [0.25, 0.3) is 0 Å². The quantitative estimate of drug-likeness (QED) is 0.208. The van der Waals surface area contributed by atoms with Crippen LogP contribution in [0.2, 0.25) is 0 Å². The van der Waals surface area contributed by atoms with Crippen LogP contribution in [0, 0.1) is 11.8 Å². The van der Waals surface area contributed by atoms with Crippen LogP contribution >= 0.6 is 0 Å². The molecule has 5 rings (SSSR count). The highest BCUT2D eigenvalue weighted by atomic mass is 16.5. The van der Waals surface area contributed by atoms with Crippen molar-refractivity contribution >= 4 is 47.2 Å². The lowest BCUT2D eigenvalue weighted by Crippen LogP contribution is -2.54. The molecule has 2 aromatic carbocycles. The molecule has 0 unspecified atom stereocenters. The lowest BCUT2D eigenvalue weighted by atomic mass is 10.0. The van der Waals surface area contributed by atoms with Gasteiger partial charge in [0.1, 0.15) is 24.2 Å². The lowest BCUT2D eigenvalue weighted by molar-refractivity contribution is -0.139. The summed E-state index contributed by atoms with van der Waals surface area (Å²) in [6.07, 6.45) is 2.91. The highest BCUT2D eigenvalue weighted by Crippen LogP contribution is 2.35. The first-order valence-corrected chi connectivity index (χ1v) is 19.2. The summed E-state index contributed by atoms with van der Waals surface area (Å²) >= 11 is 0. The number of nitrogens with zero attached hydrogens (tertiary/aromatic N) is 2. The molecule has 6 amide bonds. The summed E-state index contributed by atoms with van der Waals surface area (Å²) in [7, 11) is 2.49. The summed E-state index contributed by atoms with van der Waals surface area (Å²) in [6, 6.07) is 12.8. The molecule has 3 saturated heterocycles. The van der Waals surface area contributed by atoms with E-state index in [0.29, 0.717) is 50.1 Å². The van der Waals surface area contributed by atoms with Gasteiger partial charge in [-0.15, -0.1) is 0 Å². The van der Waals surface area contributed by atoms with E-state index in [4.69, 9.17) is 9.47 Å². The number of anilines is 2. The van der Waals surface area contributed by atoms with Crippen LogP contribution in [0.5, 0.6) is 0 Å². The number of alkyl carbamates (subject to hydrolysis) is 2. The van der Waals surface area contributed by atoms with Crippen LogP contribution in [0.15, 0.2) is 48.5 Å². The summed E-state index contributed by atoms with van der Waals surface area (Å²) in [5, 5.41) is 14.9. The second-order valence-corrected chi connectivity index (χ2v) is 15.2. The van der Waals surface area contributed by atoms with E-state index in [9.17, 15) is 28.8 Å². The third-order valence-corrected chi connectivity index (χ3v) is 10.8. The molecule has 3 aliphatic heterocycles. The molecule has 15 nitrogen and oxygen atoms in total. The number of hydrogen-bond acceptors (Lipinski definition) is 9. The fourth-order valence-electron chi connectivity index (χ4n) is 7.68. The first-order valence-electron chi connectivity index (χ1n) is 19.2. The van der Waals surface area contributed by atoms with Crippen molar-refractivity contribution in [3.8, 4) is 0 Å². The van der Waals surface area contributed by atoms with Crippen LogP contribution < -0.4 is 26.6 Å². The summed E-state index contributed by atoms with van der Waals surface area (Å²) in [5.74, 6) is -1.50. The number of methoxy groups -OCH3 is 2. The zero-order valence-corrected chi connectivity index (χ0v) is 32.6. The Labute approximate surface area is 322 Å². The van der Waals surface area contributed by atoms with Crippen LogP contribution in [0.25, 0.3) is 0 Å². The number of nitrogens with one attached hydrogen (secondary N) is 5. The molecule has 6 atom stereocenters. The van der Waals surface area contributed by atoms with Crippen molar-refractivity contribution in [3.05, 3.63) is 59.7 Å². The standard InChI is InChI=1S/C40H55N7O8/c1-23(2)33(44-39(52)54-5)37(50)46-21-7-9-31(46)35(48)41-27-15-11-25(12-16-27)29-19-20-30(43-29)26-13-17-28(18-14-26)42-36(49)32-10-8-22-47(32)38(51)34(24(3)4)45-40(53)55-6/h11-18,23-24,29-34,43H,7-10,19-22H2,1-6H3,(H,41,48)(H,42,49)(H,44,52)(H,45,53)/t29-,30-,31-,32-,33-,34-/m0/s1. The van der Waals surface area contributed by atoms with Gasteiger partial charge >= 0.3 is 12.2 Å². The second-order valence-electron chi connectivity index (χ2n) is 15.2. The average Bonchev–Trinajstić information content (AvgIpc) is 3.97. The molecular formula is C40H55N7O8. The third-order valence-electron chi connectivity index (χ3n) is 10.8. The number of likely N-dealkylation sites (tertiary alicyclic amines) is 2. The highest BCUT2D eigenvalue weighted by Gasteiger charge is 2.40. The van der Waals surface area contributed by atoms with Gasteiger partial charge < -0.3 is 45.9 Å². The van der Waals surface area contributed by atoms with E-state index in [1.54, 1.807) is 9.80 Å². The second kappa shape index (κ2) is 18.4. The predicted molar refractivity (Wildman–Crippen MR) is 206 cm³/mol. The molecule has 3 aliphatic rings. The van der Waals surface area contributed by atoms with Gasteiger partial charge in [0.2, 0.25) is 23.6 Å². The van der Waals surface area contributed by atoms with E-state index in [1.807, 2.05) is 76.2 Å². The topological polar surface area (TPSA) is 188 Å². The van der Waals surface area contributed by atoms with Gasteiger partial charge in [-0.25, -0.2) is 9.59 Å². The minimum atomic E-state index is -0.795. The number of ether oxygens (including phenoxy) is 2. The van der Waals surface area contributed by atoms with E-state index in [0.717, 1.165) is 24.0 Å². The Morgan fingerprint density at radius 1 is 0.600 bits per heavy atom. The fourth-order valence-corrected chi connectivity index (χ4v) is 7.68. The van der Waals surface area contributed by atoms with Crippen LogP contribution in [-0.2, 0) is 28.7 Å². The van der Waals surface area contributed by atoms with Crippen LogP contribution in [0.3, 0.4) is 0 Å². The number of hydrogen-bond donors (Lipinski definition) is 5. The minimum Gasteiger partial charge on any atom is -0.453 e. The largest absolute Gasteiger partial charge is 0.453 e. The van der Waals surface area contributed by atoms with Gasteiger partial charge in [0.15, 0.2) is 0 Å². The Balaban J connectivity index is 1.13. The molecule has 15 heteroatoms. The van der Waals surface area contributed by atoms with Crippen LogP contribution in [0.1, 0.15) is 89.4 Å². The Morgan fingerprint density at radius 3 is 1.29 bits per heavy atom. The Kier molecular flexibility index (Phi) is 13.7. The summed E-state index contributed by atoms with van der Waals surface area (Å²) < 4.78 is 9.39. The first kappa shape index (κ1) is 41.0. The fraction of sp³-hybridized carbons (Fsp3) is 0.550. The molecular weight excluding hydrogens is 706 g/mol. The van der Waals surface area contributed by atoms with Gasteiger partial charge in [0.05, 0.1) is 14.2 Å². The number of amides is 6. The van der Waals surface area contributed by atoms with Gasteiger partial charge in [-0.1, -0.05) is 52.0 Å². The van der Waals surface area contributed by atoms with Crippen molar-refractivity contribution in [1.82, 2.24) is 25.8 Å². The smallest absolute Gasteiger partial charge is 0.407 e. The van der Waals surface area contributed by atoms with Gasteiger partial charge in [-0.2, -0.15) is 0 Å². The van der Waals surface area contributed by atoms with Crippen LogP contribution in [0.4, 0.5) is 21.0 Å². The normalized spacial score (nSPS) is 21.9. The maximum Gasteiger partial charge on any atom is 0.407 e.